The predicted molar refractivity (Wildman–Crippen MR) is 194 cm³/mol. The maximum absolute atomic E-state index is 10.9. The first kappa shape index (κ1) is 36.9. The van der Waals surface area contributed by atoms with Crippen molar-refractivity contribution in [2.75, 3.05) is 10.2 Å². The molecule has 5 rings (SSSR count). The van der Waals surface area contributed by atoms with Gasteiger partial charge in [-0.25, -0.2) is 0 Å². The number of nitrogens with one attached hydrogen (secondary N) is 1. The molecule has 1 aliphatic rings. The molecular weight excluding hydrogens is 643 g/mol. The summed E-state index contributed by atoms with van der Waals surface area (Å²) in [4.78, 5) is 10.4. The van der Waals surface area contributed by atoms with Crippen LogP contribution in [0.3, 0.4) is 0 Å². The molecule has 0 aliphatic carbocycles. The van der Waals surface area contributed by atoms with Crippen LogP contribution in [0.1, 0.15) is 82.3 Å². The summed E-state index contributed by atoms with van der Waals surface area (Å²) in [7, 11) is -4.06. The lowest BCUT2D eigenvalue weighted by Crippen LogP contribution is -2.44. The van der Waals surface area contributed by atoms with Crippen LogP contribution in [-0.4, -0.2) is 28.8 Å². The maximum Gasteiger partial charge on any atom is 0.294 e. The van der Waals surface area contributed by atoms with Gasteiger partial charge < -0.3 is 5.11 Å². The second-order valence-electron chi connectivity index (χ2n) is 11.9. The third kappa shape index (κ3) is 11.6. The standard InChI is InChI=1S/C19H15N5O3.C18H30O3S/c25-18-12-10-16(11-13-18)23-21-19(14-6-8-17(9-7-14)24(26)27)20-22(23)15-4-2-1-3-5-15;1-2-3-4-5-6-7-8-9-10-11-12-17-13-15-18(16-14-17)22(19,20)21/h1-13,25H,(H,20,21);13-16H,2-12H2,1H3,(H,19,20,21). The van der Waals surface area contributed by atoms with Crippen LogP contribution in [0.5, 0.6) is 5.75 Å². The third-order valence-electron chi connectivity index (χ3n) is 8.07. The Kier molecular flexibility index (Phi) is 14.0. The number of phenolic OH excluding ortho intramolecular Hbond substituents is 1. The number of hydrazine groups is 2. The van der Waals surface area contributed by atoms with Gasteiger partial charge in [-0.2, -0.15) is 18.7 Å². The minimum Gasteiger partial charge on any atom is -0.508 e. The van der Waals surface area contributed by atoms with E-state index in [9.17, 15) is 23.6 Å². The molecule has 49 heavy (non-hydrogen) atoms. The first-order chi connectivity index (χ1) is 23.7. The molecule has 0 fully saturated rings. The lowest BCUT2D eigenvalue weighted by molar-refractivity contribution is -0.384. The van der Waals surface area contributed by atoms with E-state index in [0.717, 1.165) is 29.8 Å². The Morgan fingerprint density at radius 1 is 0.735 bits per heavy atom. The lowest BCUT2D eigenvalue weighted by atomic mass is 10.0. The number of benzene rings is 4. The minimum absolute atomic E-state index is 0.0210. The van der Waals surface area contributed by atoms with E-state index in [1.807, 2.05) is 30.3 Å². The molecule has 1 heterocycles. The minimum atomic E-state index is -4.06. The fourth-order valence-electron chi connectivity index (χ4n) is 5.32. The molecule has 0 aromatic heterocycles. The van der Waals surface area contributed by atoms with E-state index in [4.69, 9.17) is 4.55 Å². The Morgan fingerprint density at radius 3 is 1.86 bits per heavy atom. The molecule has 0 saturated carbocycles. The number of aromatic hydroxyl groups is 1. The molecule has 260 valence electrons. The van der Waals surface area contributed by atoms with Gasteiger partial charge in [-0.1, -0.05) is 95.0 Å². The molecule has 0 unspecified atom stereocenters. The van der Waals surface area contributed by atoms with Crippen LogP contribution in [0.15, 0.2) is 113 Å². The molecule has 0 radical (unpaired) electrons. The van der Waals surface area contributed by atoms with Gasteiger partial charge in [-0.3, -0.25) is 20.1 Å². The van der Waals surface area contributed by atoms with E-state index in [1.54, 1.807) is 58.8 Å². The number of nitro benzene ring substituents is 1. The number of non-ortho nitro benzene ring substituents is 1. The van der Waals surface area contributed by atoms with Crippen LogP contribution in [0.4, 0.5) is 17.1 Å². The van der Waals surface area contributed by atoms with Crippen LogP contribution in [0.25, 0.3) is 0 Å². The van der Waals surface area contributed by atoms with Crippen molar-refractivity contribution < 1.29 is 23.0 Å². The van der Waals surface area contributed by atoms with Gasteiger partial charge in [0.15, 0.2) is 5.84 Å². The fraction of sp³-hybridized carbons (Fsp3) is 0.324. The highest BCUT2D eigenvalue weighted by Gasteiger charge is 2.26. The molecule has 4 aromatic rings. The number of hydrazone groups is 1. The number of hydrogen-bond donors (Lipinski definition) is 3. The molecule has 12 heteroatoms. The van der Waals surface area contributed by atoms with E-state index in [1.165, 1.54) is 82.1 Å². The van der Waals surface area contributed by atoms with E-state index in [0.29, 0.717) is 11.4 Å². The zero-order valence-electron chi connectivity index (χ0n) is 27.8. The smallest absolute Gasteiger partial charge is 0.294 e. The number of aryl methyl sites for hydroxylation is 1. The van der Waals surface area contributed by atoms with Gasteiger partial charge in [0.2, 0.25) is 0 Å². The molecule has 0 amide bonds. The topological polar surface area (TPSA) is 149 Å². The Hall–Kier alpha value is -4.94. The van der Waals surface area contributed by atoms with Crippen molar-refractivity contribution in [2.24, 2.45) is 5.10 Å². The number of anilines is 2. The van der Waals surface area contributed by atoms with Crippen molar-refractivity contribution >= 4 is 33.0 Å². The molecule has 0 saturated heterocycles. The Balaban J connectivity index is 0.000000227. The van der Waals surface area contributed by atoms with Gasteiger partial charge in [-0.15, -0.1) is 5.10 Å². The van der Waals surface area contributed by atoms with Crippen LogP contribution < -0.4 is 15.7 Å². The van der Waals surface area contributed by atoms with E-state index < -0.39 is 15.0 Å². The van der Waals surface area contributed by atoms with Crippen molar-refractivity contribution in [2.45, 2.75) is 82.4 Å². The van der Waals surface area contributed by atoms with Gasteiger partial charge >= 0.3 is 0 Å². The number of amidine groups is 1. The Bertz CT molecular complexity index is 1730. The molecule has 4 aromatic carbocycles. The maximum atomic E-state index is 10.9. The zero-order chi connectivity index (χ0) is 35.1. The molecule has 11 nitrogen and oxygen atoms in total. The fourth-order valence-corrected chi connectivity index (χ4v) is 5.80. The molecule has 0 atom stereocenters. The van der Waals surface area contributed by atoms with Crippen molar-refractivity contribution in [1.29, 1.82) is 0 Å². The average Bonchev–Trinajstić information content (AvgIpc) is 3.56. The SMILES string of the molecule is CCCCCCCCCCCCc1ccc(S(=O)(=O)O)cc1.O=[N+]([O-])c1ccc(C2=NN(c3ccccc3)N(c3ccc(O)cc3)N2)cc1. The summed E-state index contributed by atoms with van der Waals surface area (Å²) >= 11 is 0. The first-order valence-corrected chi connectivity index (χ1v) is 18.2. The molecule has 3 N–H and O–H groups in total. The van der Waals surface area contributed by atoms with Crippen molar-refractivity contribution in [3.05, 3.63) is 124 Å². The Labute approximate surface area is 288 Å². The number of nitrogens with zero attached hydrogens (tertiary/aromatic N) is 4. The summed E-state index contributed by atoms with van der Waals surface area (Å²) in [6, 6.07) is 28.9. The van der Waals surface area contributed by atoms with Crippen molar-refractivity contribution in [3.8, 4) is 5.75 Å². The lowest BCUT2D eigenvalue weighted by Gasteiger charge is -2.27. The van der Waals surface area contributed by atoms with Crippen LogP contribution in [-0.2, 0) is 16.5 Å². The number of hydrogen-bond acceptors (Lipinski definition) is 9. The van der Waals surface area contributed by atoms with Crippen LogP contribution in [0.2, 0.25) is 0 Å². The second kappa shape index (κ2) is 18.6. The van der Waals surface area contributed by atoms with Gasteiger partial charge in [0.1, 0.15) is 5.75 Å². The monoisotopic (exact) mass is 687 g/mol. The summed E-state index contributed by atoms with van der Waals surface area (Å²) in [5.74, 6) is 0.711. The van der Waals surface area contributed by atoms with E-state index in [2.05, 4.69) is 17.5 Å². The predicted octanol–water partition coefficient (Wildman–Crippen LogP) is 8.81. The molecule has 1 aliphatic heterocycles. The van der Waals surface area contributed by atoms with Gasteiger partial charge in [0.05, 0.1) is 21.2 Å². The summed E-state index contributed by atoms with van der Waals surface area (Å²) in [5, 5.41) is 28.4. The third-order valence-corrected chi connectivity index (χ3v) is 8.94. The molecular formula is C37H45N5O6S. The highest BCUT2D eigenvalue weighted by atomic mass is 32.2. The number of phenols is 1. The number of rotatable bonds is 16. The first-order valence-electron chi connectivity index (χ1n) is 16.8. The van der Waals surface area contributed by atoms with E-state index in [-0.39, 0.29) is 16.3 Å². The Morgan fingerprint density at radius 2 is 1.31 bits per heavy atom. The summed E-state index contributed by atoms with van der Waals surface area (Å²) in [6.07, 6.45) is 14.1. The zero-order valence-corrected chi connectivity index (χ0v) is 28.6. The quantitative estimate of drug-likeness (QED) is 0.0455. The van der Waals surface area contributed by atoms with Gasteiger partial charge in [-0.05, 0) is 79.1 Å². The largest absolute Gasteiger partial charge is 0.508 e. The number of para-hydroxylation sites is 1. The van der Waals surface area contributed by atoms with E-state index >= 15 is 0 Å². The number of unbranched alkanes of at least 4 members (excludes halogenated alkanes) is 9. The average molecular weight is 688 g/mol. The normalized spacial score (nSPS) is 12.6. The second-order valence-corrected chi connectivity index (χ2v) is 13.3. The van der Waals surface area contributed by atoms with Gasteiger partial charge in [0, 0.05) is 17.7 Å². The van der Waals surface area contributed by atoms with Crippen LogP contribution in [0, 0.1) is 10.1 Å². The highest BCUT2D eigenvalue weighted by Crippen LogP contribution is 2.27. The van der Waals surface area contributed by atoms with Crippen LogP contribution >= 0.6 is 0 Å². The summed E-state index contributed by atoms with van der Waals surface area (Å²) in [5.41, 5.74) is 6.65. The van der Waals surface area contributed by atoms with Gasteiger partial charge in [0.25, 0.3) is 15.8 Å². The molecule has 0 bridgehead atoms. The summed E-state index contributed by atoms with van der Waals surface area (Å²) in [6.45, 7) is 2.25. The van der Waals surface area contributed by atoms with Crippen molar-refractivity contribution in [1.82, 2.24) is 5.43 Å². The summed E-state index contributed by atoms with van der Waals surface area (Å²) < 4.78 is 30.8. The highest BCUT2D eigenvalue weighted by molar-refractivity contribution is 7.85. The number of nitro groups is 1. The molecule has 0 spiro atoms. The van der Waals surface area contributed by atoms with Crippen molar-refractivity contribution in [3.63, 3.8) is 0 Å².